The van der Waals surface area contributed by atoms with Crippen LogP contribution in [-0.4, -0.2) is 73.6 Å². The fourth-order valence-corrected chi connectivity index (χ4v) is 4.95. The van der Waals surface area contributed by atoms with E-state index in [1.54, 1.807) is 18.2 Å². The molecule has 2 heterocycles. The molecule has 0 spiro atoms. The van der Waals surface area contributed by atoms with Crippen molar-refractivity contribution in [2.24, 2.45) is 11.8 Å². The molecule has 2 aliphatic rings. The Hall–Kier alpha value is -1.34. The van der Waals surface area contributed by atoms with Crippen molar-refractivity contribution in [3.05, 3.63) is 33.8 Å². The lowest BCUT2D eigenvalue weighted by atomic mass is 9.92. The maximum absolute atomic E-state index is 13.3. The number of ether oxygens (including phenoxy) is 1. The average molecular weight is 484 g/mol. The number of likely N-dealkylation sites (tertiary alicyclic amines) is 1. The van der Waals surface area contributed by atoms with Gasteiger partial charge in [-0.2, -0.15) is 0 Å². The summed E-state index contributed by atoms with van der Waals surface area (Å²) in [4.78, 5) is 30.5. The molecule has 8 heteroatoms. The van der Waals surface area contributed by atoms with E-state index >= 15 is 0 Å². The van der Waals surface area contributed by atoms with Crippen molar-refractivity contribution in [2.45, 2.75) is 45.6 Å². The zero-order chi connectivity index (χ0) is 23.1. The summed E-state index contributed by atoms with van der Waals surface area (Å²) in [6.07, 6.45) is 3.79. The number of nitrogens with one attached hydrogen (secondary N) is 1. The molecule has 2 aliphatic heterocycles. The molecule has 1 aromatic carbocycles. The van der Waals surface area contributed by atoms with Crippen molar-refractivity contribution in [1.82, 2.24) is 15.1 Å². The minimum absolute atomic E-state index is 0.00349. The van der Waals surface area contributed by atoms with E-state index in [1.165, 1.54) is 6.42 Å². The summed E-state index contributed by atoms with van der Waals surface area (Å²) in [6, 6.07) is 4.21. The molecule has 0 aromatic heterocycles. The number of nitrogens with zero attached hydrogens (tertiary/aromatic N) is 2. The second kappa shape index (κ2) is 12.2. The predicted octanol–water partition coefficient (Wildman–Crippen LogP) is 4.10. The standard InChI is InChI=1S/C24H35Cl2N3O3/c1-17(2)15-22(27-23(30)20-4-3-19(25)16-21(20)26)24(31)29-9-6-18(7-10-29)5-8-28-11-13-32-14-12-28/h3-4,16-18,22H,5-15H2,1-2H3,(H,27,30). The van der Waals surface area contributed by atoms with Gasteiger partial charge in [0.2, 0.25) is 5.91 Å². The second-order valence-electron chi connectivity index (χ2n) is 9.29. The molecule has 1 N–H and O–H groups in total. The maximum Gasteiger partial charge on any atom is 0.253 e. The van der Waals surface area contributed by atoms with Crippen molar-refractivity contribution in [3.63, 3.8) is 0 Å². The fourth-order valence-electron chi connectivity index (χ4n) is 4.45. The van der Waals surface area contributed by atoms with Crippen LogP contribution >= 0.6 is 23.2 Å². The quantitative estimate of drug-likeness (QED) is 0.604. The zero-order valence-electron chi connectivity index (χ0n) is 19.1. The minimum Gasteiger partial charge on any atom is -0.379 e. The van der Waals surface area contributed by atoms with Crippen molar-refractivity contribution in [1.29, 1.82) is 0 Å². The molecule has 178 valence electrons. The van der Waals surface area contributed by atoms with Crippen molar-refractivity contribution in [3.8, 4) is 0 Å². The Morgan fingerprint density at radius 3 is 2.44 bits per heavy atom. The van der Waals surface area contributed by atoms with E-state index in [0.717, 1.165) is 58.8 Å². The van der Waals surface area contributed by atoms with Gasteiger partial charge in [0, 0.05) is 31.2 Å². The topological polar surface area (TPSA) is 61.9 Å². The van der Waals surface area contributed by atoms with E-state index in [4.69, 9.17) is 27.9 Å². The van der Waals surface area contributed by atoms with Gasteiger partial charge in [0.15, 0.2) is 0 Å². The molecule has 0 saturated carbocycles. The number of hydrogen-bond acceptors (Lipinski definition) is 4. The number of halogens is 2. The lowest BCUT2D eigenvalue weighted by Gasteiger charge is -2.36. The van der Waals surface area contributed by atoms with Gasteiger partial charge in [-0.05, 0) is 62.3 Å². The van der Waals surface area contributed by atoms with E-state index in [2.05, 4.69) is 24.1 Å². The van der Waals surface area contributed by atoms with Crippen LogP contribution in [0.25, 0.3) is 0 Å². The fraction of sp³-hybridized carbons (Fsp3) is 0.667. The van der Waals surface area contributed by atoms with Gasteiger partial charge < -0.3 is 15.0 Å². The summed E-state index contributed by atoms with van der Waals surface area (Å²) in [5.41, 5.74) is 0.333. The second-order valence-corrected chi connectivity index (χ2v) is 10.1. The Morgan fingerprint density at radius 2 is 1.81 bits per heavy atom. The summed E-state index contributed by atoms with van der Waals surface area (Å²) in [5.74, 6) is 0.582. The van der Waals surface area contributed by atoms with Crippen LogP contribution in [-0.2, 0) is 9.53 Å². The van der Waals surface area contributed by atoms with Gasteiger partial charge in [0.25, 0.3) is 5.91 Å². The SMILES string of the molecule is CC(C)CC(NC(=O)c1ccc(Cl)cc1Cl)C(=O)N1CCC(CCN2CCOCC2)CC1. The van der Waals surface area contributed by atoms with Gasteiger partial charge in [-0.3, -0.25) is 14.5 Å². The Morgan fingerprint density at radius 1 is 1.12 bits per heavy atom. The number of carbonyl (C=O) groups is 2. The number of rotatable bonds is 8. The molecule has 1 aromatic rings. The van der Waals surface area contributed by atoms with Gasteiger partial charge in [-0.25, -0.2) is 0 Å². The molecule has 32 heavy (non-hydrogen) atoms. The van der Waals surface area contributed by atoms with E-state index in [0.29, 0.717) is 22.9 Å². The molecule has 0 bridgehead atoms. The third kappa shape index (κ3) is 7.34. The minimum atomic E-state index is -0.556. The molecule has 0 aliphatic carbocycles. The lowest BCUT2D eigenvalue weighted by molar-refractivity contribution is -0.135. The highest BCUT2D eigenvalue weighted by Crippen LogP contribution is 2.24. The van der Waals surface area contributed by atoms with Crippen LogP contribution < -0.4 is 5.32 Å². The van der Waals surface area contributed by atoms with Gasteiger partial charge in [-0.1, -0.05) is 37.0 Å². The number of morpholine rings is 1. The van der Waals surface area contributed by atoms with Crippen molar-refractivity contribution in [2.75, 3.05) is 45.9 Å². The Bertz CT molecular complexity index is 776. The molecule has 1 unspecified atom stereocenters. The molecule has 1 atom stereocenters. The van der Waals surface area contributed by atoms with E-state index < -0.39 is 6.04 Å². The number of piperidine rings is 1. The summed E-state index contributed by atoms with van der Waals surface area (Å²) in [6.45, 7) is 10.4. The number of carbonyl (C=O) groups excluding carboxylic acids is 2. The maximum atomic E-state index is 13.3. The highest BCUT2D eigenvalue weighted by atomic mass is 35.5. The van der Waals surface area contributed by atoms with Crippen LogP contribution in [0.4, 0.5) is 0 Å². The lowest BCUT2D eigenvalue weighted by Crippen LogP contribution is -2.51. The van der Waals surface area contributed by atoms with Crippen LogP contribution in [0.1, 0.15) is 49.9 Å². The van der Waals surface area contributed by atoms with Crippen LogP contribution in [0, 0.1) is 11.8 Å². The van der Waals surface area contributed by atoms with Crippen LogP contribution in [0.15, 0.2) is 18.2 Å². The normalized spacial score (nSPS) is 19.2. The molecular weight excluding hydrogens is 449 g/mol. The van der Waals surface area contributed by atoms with Crippen LogP contribution in [0.5, 0.6) is 0 Å². The van der Waals surface area contributed by atoms with Crippen molar-refractivity contribution < 1.29 is 14.3 Å². The summed E-state index contributed by atoms with van der Waals surface area (Å²) in [5, 5.41) is 3.68. The number of benzene rings is 1. The first-order chi connectivity index (χ1) is 15.3. The molecular formula is C24H35Cl2N3O3. The first kappa shape index (κ1) is 25.3. The molecule has 0 radical (unpaired) electrons. The molecule has 6 nitrogen and oxygen atoms in total. The highest BCUT2D eigenvalue weighted by Gasteiger charge is 2.30. The largest absolute Gasteiger partial charge is 0.379 e. The van der Waals surface area contributed by atoms with E-state index in [1.807, 2.05) is 4.90 Å². The van der Waals surface area contributed by atoms with Crippen molar-refractivity contribution >= 4 is 35.0 Å². The third-order valence-electron chi connectivity index (χ3n) is 6.37. The highest BCUT2D eigenvalue weighted by molar-refractivity contribution is 6.36. The zero-order valence-corrected chi connectivity index (χ0v) is 20.6. The number of hydrogen-bond donors (Lipinski definition) is 1. The van der Waals surface area contributed by atoms with Gasteiger partial charge in [0.1, 0.15) is 6.04 Å². The van der Waals surface area contributed by atoms with Gasteiger partial charge >= 0.3 is 0 Å². The first-order valence-electron chi connectivity index (χ1n) is 11.7. The monoisotopic (exact) mass is 483 g/mol. The van der Waals surface area contributed by atoms with Crippen LogP contribution in [0.2, 0.25) is 10.0 Å². The van der Waals surface area contributed by atoms with E-state index in [9.17, 15) is 9.59 Å². The molecule has 2 fully saturated rings. The van der Waals surface area contributed by atoms with Crippen LogP contribution in [0.3, 0.4) is 0 Å². The summed E-state index contributed by atoms with van der Waals surface area (Å²) in [7, 11) is 0. The Balaban J connectivity index is 1.53. The predicted molar refractivity (Wildman–Crippen MR) is 128 cm³/mol. The molecule has 2 saturated heterocycles. The molecule has 3 rings (SSSR count). The van der Waals surface area contributed by atoms with Gasteiger partial charge in [0.05, 0.1) is 23.8 Å². The average Bonchev–Trinajstić information content (AvgIpc) is 2.77. The Labute approximate surface area is 201 Å². The Kier molecular flexibility index (Phi) is 9.65. The van der Waals surface area contributed by atoms with Gasteiger partial charge in [-0.15, -0.1) is 0 Å². The number of amides is 2. The summed E-state index contributed by atoms with van der Waals surface area (Å²) >= 11 is 12.1. The first-order valence-corrected chi connectivity index (χ1v) is 12.4. The third-order valence-corrected chi connectivity index (χ3v) is 6.92. The molecule has 2 amide bonds. The smallest absolute Gasteiger partial charge is 0.253 e. The van der Waals surface area contributed by atoms with E-state index in [-0.39, 0.29) is 22.8 Å². The summed E-state index contributed by atoms with van der Waals surface area (Å²) < 4.78 is 5.42.